The Hall–Kier alpha value is -3.36. The van der Waals surface area contributed by atoms with Crippen LogP contribution in [0.5, 0.6) is 0 Å². The van der Waals surface area contributed by atoms with Crippen LogP contribution in [0.15, 0.2) is 89.4 Å². The van der Waals surface area contributed by atoms with E-state index in [4.69, 9.17) is 4.74 Å². The molecule has 3 rings (SSSR count). The predicted molar refractivity (Wildman–Crippen MR) is 156 cm³/mol. The Morgan fingerprint density at radius 2 is 1.41 bits per heavy atom. The minimum absolute atomic E-state index is 0.0843. The van der Waals surface area contributed by atoms with Crippen molar-refractivity contribution in [3.63, 3.8) is 0 Å². The third-order valence-electron chi connectivity index (χ3n) is 6.31. The number of halogens is 1. The Morgan fingerprint density at radius 1 is 0.846 bits per heavy atom. The number of ether oxygens (including phenoxy) is 1. The van der Waals surface area contributed by atoms with E-state index in [9.17, 15) is 19.8 Å². The van der Waals surface area contributed by atoms with Gasteiger partial charge >= 0.3 is 12.2 Å². The second-order valence-electron chi connectivity index (χ2n) is 10.7. The van der Waals surface area contributed by atoms with Crippen LogP contribution in [0.25, 0.3) is 0 Å². The molecule has 0 heterocycles. The quantitative estimate of drug-likeness (QED) is 0.208. The summed E-state index contributed by atoms with van der Waals surface area (Å²) >= 11 is 3.42. The predicted octanol–water partition coefficient (Wildman–Crippen LogP) is 6.30. The van der Waals surface area contributed by atoms with E-state index >= 15 is 0 Å². The van der Waals surface area contributed by atoms with Gasteiger partial charge in [0.05, 0.1) is 12.1 Å². The van der Waals surface area contributed by atoms with E-state index in [1.807, 2.05) is 84.9 Å². The minimum atomic E-state index is -1.18. The van der Waals surface area contributed by atoms with Crippen molar-refractivity contribution < 1.29 is 24.5 Å². The Balaban J connectivity index is 1.94. The van der Waals surface area contributed by atoms with Crippen LogP contribution < -0.4 is 10.6 Å². The molecular weight excluding hydrogens is 560 g/mol. The van der Waals surface area contributed by atoms with Gasteiger partial charge in [0.2, 0.25) is 0 Å². The summed E-state index contributed by atoms with van der Waals surface area (Å²) in [6.07, 6.45) is -1.89. The summed E-state index contributed by atoms with van der Waals surface area (Å²) in [7, 11) is 0. The molecule has 208 valence electrons. The number of aliphatic hydroxyl groups excluding tert-OH is 1. The fourth-order valence-corrected chi connectivity index (χ4v) is 4.90. The van der Waals surface area contributed by atoms with E-state index in [1.165, 1.54) is 0 Å². The molecule has 2 amide bonds. The van der Waals surface area contributed by atoms with Crippen LogP contribution in [0, 0.1) is 0 Å². The van der Waals surface area contributed by atoms with Crippen LogP contribution in [0.1, 0.15) is 49.8 Å². The molecule has 0 aromatic heterocycles. The van der Waals surface area contributed by atoms with Crippen molar-refractivity contribution >= 4 is 28.1 Å². The molecule has 7 nitrogen and oxygen atoms in total. The van der Waals surface area contributed by atoms with Gasteiger partial charge in [-0.15, -0.1) is 0 Å². The molecular formula is C31H37BrN2O5. The number of benzene rings is 3. The van der Waals surface area contributed by atoms with E-state index in [0.29, 0.717) is 12.8 Å². The first-order valence-corrected chi connectivity index (χ1v) is 13.8. The maximum Gasteiger partial charge on any atom is 0.407 e. The van der Waals surface area contributed by atoms with Gasteiger partial charge in [-0.05, 0) is 68.9 Å². The van der Waals surface area contributed by atoms with Gasteiger partial charge in [-0.3, -0.25) is 0 Å². The Morgan fingerprint density at radius 3 is 1.97 bits per heavy atom. The number of nitrogens with one attached hydrogen (secondary N) is 2. The molecule has 0 saturated carbocycles. The van der Waals surface area contributed by atoms with Crippen LogP contribution in [-0.4, -0.2) is 46.2 Å². The molecule has 0 fully saturated rings. The summed E-state index contributed by atoms with van der Waals surface area (Å²) in [5, 5.41) is 26.7. The number of hydrogen-bond acceptors (Lipinski definition) is 4. The lowest BCUT2D eigenvalue weighted by Gasteiger charge is -2.34. The molecule has 0 aliphatic carbocycles. The second kappa shape index (κ2) is 14.1. The molecule has 0 saturated heterocycles. The molecule has 8 heteroatoms. The van der Waals surface area contributed by atoms with E-state index in [2.05, 4.69) is 26.6 Å². The fraction of sp³-hybridized carbons (Fsp3) is 0.355. The molecule has 4 atom stereocenters. The van der Waals surface area contributed by atoms with Crippen molar-refractivity contribution in [2.24, 2.45) is 0 Å². The highest BCUT2D eigenvalue weighted by Gasteiger charge is 2.34. The summed E-state index contributed by atoms with van der Waals surface area (Å²) in [6.45, 7) is 5.34. The first-order chi connectivity index (χ1) is 18.5. The normalized spacial score (nSPS) is 14.5. The molecule has 0 aliphatic heterocycles. The van der Waals surface area contributed by atoms with E-state index in [1.54, 1.807) is 20.8 Å². The summed E-state index contributed by atoms with van der Waals surface area (Å²) in [6, 6.07) is 25.8. The lowest BCUT2D eigenvalue weighted by molar-refractivity contribution is 0.0367. The average Bonchev–Trinajstić information content (AvgIpc) is 2.87. The topological polar surface area (TPSA) is 108 Å². The third-order valence-corrected chi connectivity index (χ3v) is 6.84. The molecule has 3 aromatic rings. The molecule has 2 unspecified atom stereocenters. The number of alkyl carbamates (subject to hydrolysis) is 1. The van der Waals surface area contributed by atoms with Crippen LogP contribution >= 0.6 is 15.9 Å². The maximum absolute atomic E-state index is 13.0. The molecule has 0 bridgehead atoms. The molecule has 0 aliphatic rings. The molecule has 3 aromatic carbocycles. The van der Waals surface area contributed by atoms with Crippen molar-refractivity contribution in [1.29, 1.82) is 0 Å². The SMILES string of the molecule is CC(C)(C)OC(=O)N[C@@H](C(Cc1ccccc1)c1ccccc1)[C@@H](O)CC(Cc1ccc(Br)cc1)NC(=O)O. The van der Waals surface area contributed by atoms with Crippen molar-refractivity contribution in [3.8, 4) is 0 Å². The largest absolute Gasteiger partial charge is 0.465 e. The summed E-state index contributed by atoms with van der Waals surface area (Å²) in [5.41, 5.74) is 2.18. The molecule has 4 N–H and O–H groups in total. The highest BCUT2D eigenvalue weighted by molar-refractivity contribution is 9.10. The fourth-order valence-electron chi connectivity index (χ4n) is 4.64. The number of aliphatic hydroxyl groups is 1. The Bertz CT molecular complexity index is 1180. The van der Waals surface area contributed by atoms with Crippen LogP contribution in [-0.2, 0) is 17.6 Å². The highest BCUT2D eigenvalue weighted by atomic mass is 79.9. The van der Waals surface area contributed by atoms with E-state index in [-0.39, 0.29) is 12.3 Å². The van der Waals surface area contributed by atoms with Gasteiger partial charge in [0, 0.05) is 16.4 Å². The number of carbonyl (C=O) groups excluding carboxylic acids is 1. The smallest absolute Gasteiger partial charge is 0.407 e. The average molecular weight is 598 g/mol. The number of hydrogen-bond donors (Lipinski definition) is 4. The summed E-state index contributed by atoms with van der Waals surface area (Å²) in [5.74, 6) is -0.311. The molecule has 0 spiro atoms. The van der Waals surface area contributed by atoms with Gasteiger partial charge in [-0.2, -0.15) is 0 Å². The van der Waals surface area contributed by atoms with Crippen LogP contribution in [0.4, 0.5) is 9.59 Å². The number of carbonyl (C=O) groups is 2. The zero-order chi connectivity index (χ0) is 28.4. The Labute approximate surface area is 238 Å². The third kappa shape index (κ3) is 10.4. The first kappa shape index (κ1) is 30.2. The standard InChI is InChI=1S/C31H37BrN2O5/c1-31(2,3)39-30(38)34-28(26(23-12-8-5-9-13-23)19-21-10-6-4-7-11-21)27(35)20-25(33-29(36)37)18-22-14-16-24(32)17-15-22/h4-17,25-28,33,35H,18-20H2,1-3H3,(H,34,38)(H,36,37)/t25?,26?,27-,28-/m0/s1. The van der Waals surface area contributed by atoms with Gasteiger partial charge in [0.25, 0.3) is 0 Å². The zero-order valence-electron chi connectivity index (χ0n) is 22.5. The van der Waals surface area contributed by atoms with Gasteiger partial charge in [0.15, 0.2) is 0 Å². The molecule has 0 radical (unpaired) electrons. The van der Waals surface area contributed by atoms with Crippen molar-refractivity contribution in [3.05, 3.63) is 106 Å². The van der Waals surface area contributed by atoms with Crippen LogP contribution in [0.3, 0.4) is 0 Å². The molecule has 39 heavy (non-hydrogen) atoms. The number of rotatable bonds is 11. The lowest BCUT2D eigenvalue weighted by atomic mass is 9.81. The first-order valence-electron chi connectivity index (χ1n) is 13.0. The number of carboxylic acid groups (broad SMARTS) is 1. The van der Waals surface area contributed by atoms with Crippen molar-refractivity contribution in [1.82, 2.24) is 10.6 Å². The summed E-state index contributed by atoms with van der Waals surface area (Å²) < 4.78 is 6.47. The van der Waals surface area contributed by atoms with E-state index < -0.39 is 36.0 Å². The monoisotopic (exact) mass is 596 g/mol. The second-order valence-corrected chi connectivity index (χ2v) is 11.6. The Kier molecular flexibility index (Phi) is 10.9. The van der Waals surface area contributed by atoms with Crippen LogP contribution in [0.2, 0.25) is 0 Å². The zero-order valence-corrected chi connectivity index (χ0v) is 24.1. The van der Waals surface area contributed by atoms with Gasteiger partial charge in [-0.1, -0.05) is 88.7 Å². The van der Waals surface area contributed by atoms with Gasteiger partial charge in [-0.25, -0.2) is 9.59 Å². The minimum Gasteiger partial charge on any atom is -0.465 e. The number of amides is 2. The maximum atomic E-state index is 13.0. The van der Waals surface area contributed by atoms with Crippen molar-refractivity contribution in [2.75, 3.05) is 0 Å². The summed E-state index contributed by atoms with van der Waals surface area (Å²) in [4.78, 5) is 24.6. The lowest BCUT2D eigenvalue weighted by Crippen LogP contribution is -2.51. The van der Waals surface area contributed by atoms with Gasteiger partial charge < -0.3 is 25.6 Å². The highest BCUT2D eigenvalue weighted by Crippen LogP contribution is 2.29. The van der Waals surface area contributed by atoms with E-state index in [0.717, 1.165) is 21.2 Å². The van der Waals surface area contributed by atoms with Gasteiger partial charge in [0.1, 0.15) is 5.60 Å². The van der Waals surface area contributed by atoms with Crippen molar-refractivity contribution in [2.45, 2.75) is 69.7 Å².